The minimum Gasteiger partial charge on any atom is -0.353 e. The van der Waals surface area contributed by atoms with E-state index in [2.05, 4.69) is 36.2 Å². The van der Waals surface area contributed by atoms with Crippen molar-refractivity contribution < 1.29 is 9.55 Å². The molecule has 0 aliphatic carbocycles. The van der Waals surface area contributed by atoms with E-state index in [9.17, 15) is 10.1 Å². The van der Waals surface area contributed by atoms with Crippen LogP contribution in [-0.2, 0) is 0 Å². The van der Waals surface area contributed by atoms with Crippen molar-refractivity contribution >= 4 is 44.0 Å². The van der Waals surface area contributed by atoms with Crippen LogP contribution in [0.15, 0.2) is 39.4 Å². The standard InChI is InChI=1S/C13H9BrN4O3/c1-7-2-3-9(8(14)6-7)15-10-4-5-11(18(19)20)13-12(10)16-21-17-13/h2-6,15H,1H3. The van der Waals surface area contributed by atoms with Crippen LogP contribution in [0.4, 0.5) is 17.1 Å². The number of halogens is 1. The molecule has 0 saturated heterocycles. The van der Waals surface area contributed by atoms with Gasteiger partial charge in [-0.15, -0.1) is 0 Å². The lowest BCUT2D eigenvalue weighted by atomic mass is 10.2. The summed E-state index contributed by atoms with van der Waals surface area (Å²) in [7, 11) is 0. The molecule has 0 amide bonds. The van der Waals surface area contributed by atoms with Gasteiger partial charge >= 0.3 is 5.69 Å². The van der Waals surface area contributed by atoms with Crippen LogP contribution >= 0.6 is 15.9 Å². The predicted octanol–water partition coefficient (Wildman–Crippen LogP) is 3.95. The van der Waals surface area contributed by atoms with Crippen LogP contribution in [0.2, 0.25) is 0 Å². The fourth-order valence-electron chi connectivity index (χ4n) is 1.97. The molecule has 7 nitrogen and oxygen atoms in total. The maximum Gasteiger partial charge on any atom is 0.300 e. The van der Waals surface area contributed by atoms with Crippen LogP contribution in [0.3, 0.4) is 0 Å². The highest BCUT2D eigenvalue weighted by Crippen LogP contribution is 2.33. The summed E-state index contributed by atoms with van der Waals surface area (Å²) in [5.41, 5.74) is 2.81. The van der Waals surface area contributed by atoms with Crippen molar-refractivity contribution in [2.75, 3.05) is 5.32 Å². The topological polar surface area (TPSA) is 94.1 Å². The van der Waals surface area contributed by atoms with Gasteiger partial charge in [-0.2, -0.15) is 0 Å². The van der Waals surface area contributed by atoms with Gasteiger partial charge in [0.1, 0.15) is 0 Å². The molecule has 0 radical (unpaired) electrons. The first-order valence-electron chi connectivity index (χ1n) is 5.99. The number of fused-ring (bicyclic) bond motifs is 1. The third-order valence-corrected chi connectivity index (χ3v) is 3.64. The maximum absolute atomic E-state index is 10.9. The molecule has 106 valence electrons. The SMILES string of the molecule is Cc1ccc(Nc2ccc([N+](=O)[O-])c3nonc23)c(Br)c1. The maximum atomic E-state index is 10.9. The predicted molar refractivity (Wildman–Crippen MR) is 80.6 cm³/mol. The Balaban J connectivity index is 2.07. The highest BCUT2D eigenvalue weighted by atomic mass is 79.9. The Labute approximate surface area is 127 Å². The minimum atomic E-state index is -0.516. The average molecular weight is 349 g/mol. The number of benzene rings is 2. The number of nitrogens with one attached hydrogen (secondary N) is 1. The number of non-ortho nitro benzene ring substituents is 1. The largest absolute Gasteiger partial charge is 0.353 e. The van der Waals surface area contributed by atoms with Crippen LogP contribution in [-0.4, -0.2) is 15.2 Å². The summed E-state index contributed by atoms with van der Waals surface area (Å²) < 4.78 is 5.51. The van der Waals surface area contributed by atoms with Crippen molar-refractivity contribution in [1.29, 1.82) is 0 Å². The van der Waals surface area contributed by atoms with Crippen molar-refractivity contribution in [2.45, 2.75) is 6.92 Å². The molecule has 1 heterocycles. The van der Waals surface area contributed by atoms with Crippen molar-refractivity contribution in [3.05, 3.63) is 50.5 Å². The second-order valence-corrected chi connectivity index (χ2v) is 5.31. The molecule has 3 aromatic rings. The second kappa shape index (κ2) is 5.13. The van der Waals surface area contributed by atoms with E-state index in [1.807, 2.05) is 25.1 Å². The number of hydrogen-bond acceptors (Lipinski definition) is 6. The Morgan fingerprint density at radius 1 is 1.19 bits per heavy atom. The zero-order valence-electron chi connectivity index (χ0n) is 10.8. The Bertz CT molecular complexity index is 847. The summed E-state index contributed by atoms with van der Waals surface area (Å²) in [6, 6.07) is 8.77. The molecule has 0 aliphatic heterocycles. The first kappa shape index (κ1) is 13.5. The van der Waals surface area contributed by atoms with Crippen LogP contribution in [0.1, 0.15) is 5.56 Å². The van der Waals surface area contributed by atoms with Gasteiger partial charge in [-0.3, -0.25) is 10.1 Å². The minimum absolute atomic E-state index is 0.119. The summed E-state index contributed by atoms with van der Waals surface area (Å²) in [6.07, 6.45) is 0. The number of aryl methyl sites for hydroxylation is 1. The lowest BCUT2D eigenvalue weighted by Crippen LogP contribution is -1.95. The first-order valence-corrected chi connectivity index (χ1v) is 6.78. The fraction of sp³-hybridized carbons (Fsp3) is 0.0769. The lowest BCUT2D eigenvalue weighted by molar-refractivity contribution is -0.383. The quantitative estimate of drug-likeness (QED) is 0.568. The molecule has 0 atom stereocenters. The molecule has 0 fully saturated rings. The van der Waals surface area contributed by atoms with Gasteiger partial charge in [-0.25, -0.2) is 4.63 Å². The molecule has 8 heteroatoms. The average Bonchev–Trinajstić information content (AvgIpc) is 2.91. The molecular formula is C13H9BrN4O3. The van der Waals surface area contributed by atoms with Crippen LogP contribution in [0.25, 0.3) is 11.0 Å². The van der Waals surface area contributed by atoms with Gasteiger partial charge < -0.3 is 5.32 Å². The number of nitro benzene ring substituents is 1. The van der Waals surface area contributed by atoms with Gasteiger partial charge in [0.25, 0.3) is 0 Å². The monoisotopic (exact) mass is 348 g/mol. The van der Waals surface area contributed by atoms with E-state index >= 15 is 0 Å². The molecule has 1 N–H and O–H groups in total. The van der Waals surface area contributed by atoms with Crippen molar-refractivity contribution in [1.82, 2.24) is 10.3 Å². The summed E-state index contributed by atoms with van der Waals surface area (Å²) in [5.74, 6) is 0. The van der Waals surface area contributed by atoms with Crippen molar-refractivity contribution in [3.63, 3.8) is 0 Å². The molecule has 0 aliphatic rings. The Morgan fingerprint density at radius 3 is 2.62 bits per heavy atom. The lowest BCUT2D eigenvalue weighted by Gasteiger charge is -2.09. The molecular weight excluding hydrogens is 340 g/mol. The molecule has 0 saturated carbocycles. The van der Waals surface area contributed by atoms with Gasteiger partial charge in [0.05, 0.1) is 16.3 Å². The van der Waals surface area contributed by atoms with E-state index < -0.39 is 4.92 Å². The highest BCUT2D eigenvalue weighted by Gasteiger charge is 2.19. The van der Waals surface area contributed by atoms with Gasteiger partial charge in [-0.05, 0) is 56.9 Å². The first-order chi connectivity index (χ1) is 10.1. The van der Waals surface area contributed by atoms with Gasteiger partial charge in [0, 0.05) is 10.5 Å². The van der Waals surface area contributed by atoms with Crippen molar-refractivity contribution in [3.8, 4) is 0 Å². The van der Waals surface area contributed by atoms with E-state index in [0.717, 1.165) is 15.7 Å². The summed E-state index contributed by atoms with van der Waals surface area (Å²) in [6.45, 7) is 1.99. The Hall–Kier alpha value is -2.48. The van der Waals surface area contributed by atoms with Crippen LogP contribution in [0.5, 0.6) is 0 Å². The summed E-state index contributed by atoms with van der Waals surface area (Å²) >= 11 is 3.47. The van der Waals surface area contributed by atoms with E-state index in [0.29, 0.717) is 11.2 Å². The van der Waals surface area contributed by atoms with Gasteiger partial charge in [-0.1, -0.05) is 6.07 Å². The number of nitrogens with zero attached hydrogens (tertiary/aromatic N) is 3. The van der Waals surface area contributed by atoms with Gasteiger partial charge in [0.2, 0.25) is 5.52 Å². The number of anilines is 2. The summed E-state index contributed by atoms with van der Waals surface area (Å²) in [5, 5.41) is 21.4. The van der Waals surface area contributed by atoms with E-state index in [1.165, 1.54) is 6.07 Å². The van der Waals surface area contributed by atoms with E-state index in [-0.39, 0.29) is 11.2 Å². The van der Waals surface area contributed by atoms with Crippen molar-refractivity contribution in [2.24, 2.45) is 0 Å². The third kappa shape index (κ3) is 2.45. The highest BCUT2D eigenvalue weighted by molar-refractivity contribution is 9.10. The summed E-state index contributed by atoms with van der Waals surface area (Å²) in [4.78, 5) is 10.4. The van der Waals surface area contributed by atoms with E-state index in [1.54, 1.807) is 6.07 Å². The zero-order valence-corrected chi connectivity index (χ0v) is 12.4. The van der Waals surface area contributed by atoms with Crippen LogP contribution < -0.4 is 5.32 Å². The smallest absolute Gasteiger partial charge is 0.300 e. The number of rotatable bonds is 3. The molecule has 1 aromatic heterocycles. The number of aromatic nitrogens is 2. The molecule has 2 aromatic carbocycles. The number of nitro groups is 1. The molecule has 0 spiro atoms. The van der Waals surface area contributed by atoms with Gasteiger partial charge in [0.15, 0.2) is 5.52 Å². The molecule has 3 rings (SSSR count). The molecule has 21 heavy (non-hydrogen) atoms. The Kier molecular flexibility index (Phi) is 3.30. The van der Waals surface area contributed by atoms with Crippen LogP contribution in [0, 0.1) is 17.0 Å². The third-order valence-electron chi connectivity index (χ3n) is 2.98. The normalized spacial score (nSPS) is 10.8. The molecule has 0 bridgehead atoms. The fourth-order valence-corrected chi connectivity index (χ4v) is 2.56. The zero-order chi connectivity index (χ0) is 15.0. The van der Waals surface area contributed by atoms with E-state index in [4.69, 9.17) is 0 Å². The second-order valence-electron chi connectivity index (χ2n) is 4.46. The Morgan fingerprint density at radius 2 is 1.90 bits per heavy atom. The number of hydrogen-bond donors (Lipinski definition) is 1. The molecule has 0 unspecified atom stereocenters.